The number of halogens is 3. The Kier molecular flexibility index (Phi) is 6.61. The van der Waals surface area contributed by atoms with E-state index in [0.717, 1.165) is 5.56 Å². The van der Waals surface area contributed by atoms with E-state index in [1.54, 1.807) is 25.1 Å². The lowest BCUT2D eigenvalue weighted by molar-refractivity contribution is -0.129. The van der Waals surface area contributed by atoms with Gasteiger partial charge < -0.3 is 4.74 Å². The summed E-state index contributed by atoms with van der Waals surface area (Å²) >= 11 is 11.7. The van der Waals surface area contributed by atoms with Gasteiger partial charge >= 0.3 is 0 Å². The molecule has 0 aromatic heterocycles. The average Bonchev–Trinajstić information content (AvgIpc) is 2.55. The van der Waals surface area contributed by atoms with E-state index in [0.29, 0.717) is 10.8 Å². The highest BCUT2D eigenvalue weighted by atomic mass is 35.5. The molecule has 8 heteroatoms. The van der Waals surface area contributed by atoms with Gasteiger partial charge in [-0.05, 0) is 42.8 Å². The van der Waals surface area contributed by atoms with Gasteiger partial charge in [0.05, 0.1) is 6.42 Å². The van der Waals surface area contributed by atoms with E-state index in [-0.39, 0.29) is 23.6 Å². The highest BCUT2D eigenvalue weighted by Crippen LogP contribution is 2.21. The van der Waals surface area contributed by atoms with Crippen molar-refractivity contribution in [2.75, 3.05) is 6.61 Å². The average molecular weight is 385 g/mol. The molecule has 2 rings (SSSR count). The SMILES string of the molecule is Cc1cc(Cl)ccc1OCC(=O)NNC(=O)Cc1c(F)cccc1Cl. The molecule has 0 unspecified atom stereocenters. The summed E-state index contributed by atoms with van der Waals surface area (Å²) in [5.41, 5.74) is 5.20. The van der Waals surface area contributed by atoms with Crippen molar-refractivity contribution < 1.29 is 18.7 Å². The lowest BCUT2D eigenvalue weighted by Gasteiger charge is -2.11. The van der Waals surface area contributed by atoms with Gasteiger partial charge in [0.15, 0.2) is 6.61 Å². The maximum Gasteiger partial charge on any atom is 0.276 e. The normalized spacial score (nSPS) is 10.2. The van der Waals surface area contributed by atoms with Gasteiger partial charge in [0.2, 0.25) is 5.91 Å². The first-order chi connectivity index (χ1) is 11.9. The van der Waals surface area contributed by atoms with E-state index >= 15 is 0 Å². The summed E-state index contributed by atoms with van der Waals surface area (Å²) in [5, 5.41) is 0.705. The molecule has 5 nitrogen and oxygen atoms in total. The minimum absolute atomic E-state index is 0.0592. The largest absolute Gasteiger partial charge is 0.483 e. The van der Waals surface area contributed by atoms with Crippen LogP contribution in [-0.4, -0.2) is 18.4 Å². The van der Waals surface area contributed by atoms with Crippen LogP contribution in [0.2, 0.25) is 10.0 Å². The van der Waals surface area contributed by atoms with Crippen molar-refractivity contribution in [3.63, 3.8) is 0 Å². The fraction of sp³-hybridized carbons (Fsp3) is 0.176. The van der Waals surface area contributed by atoms with Crippen molar-refractivity contribution >= 4 is 35.0 Å². The molecule has 0 saturated carbocycles. The standard InChI is InChI=1S/C17H15Cl2FN2O3/c1-10-7-11(18)5-6-15(10)25-9-17(24)22-21-16(23)8-12-13(19)3-2-4-14(12)20/h2-7H,8-9H2,1H3,(H,21,23)(H,22,24). The smallest absolute Gasteiger partial charge is 0.276 e. The van der Waals surface area contributed by atoms with Crippen molar-refractivity contribution in [1.82, 2.24) is 10.9 Å². The Hall–Kier alpha value is -2.31. The molecule has 2 N–H and O–H groups in total. The number of ether oxygens (including phenoxy) is 1. The lowest BCUT2D eigenvalue weighted by atomic mass is 10.1. The molecule has 132 valence electrons. The number of benzene rings is 2. The summed E-state index contributed by atoms with van der Waals surface area (Å²) in [7, 11) is 0. The van der Waals surface area contributed by atoms with Crippen molar-refractivity contribution in [2.24, 2.45) is 0 Å². The minimum Gasteiger partial charge on any atom is -0.483 e. The second kappa shape index (κ2) is 8.69. The van der Waals surface area contributed by atoms with Crippen molar-refractivity contribution in [3.8, 4) is 5.75 Å². The molecule has 0 saturated heterocycles. The molecule has 25 heavy (non-hydrogen) atoms. The monoisotopic (exact) mass is 384 g/mol. The fourth-order valence-electron chi connectivity index (χ4n) is 2.00. The number of hydrazine groups is 1. The van der Waals surface area contributed by atoms with Crippen LogP contribution in [0.25, 0.3) is 0 Å². The Bertz CT molecular complexity index is 779. The zero-order chi connectivity index (χ0) is 18.4. The van der Waals surface area contributed by atoms with Gasteiger partial charge in [-0.3, -0.25) is 20.4 Å². The molecular formula is C17H15Cl2FN2O3. The number of carbonyl (C=O) groups is 2. The van der Waals surface area contributed by atoms with E-state index in [1.165, 1.54) is 18.2 Å². The quantitative estimate of drug-likeness (QED) is 0.777. The van der Waals surface area contributed by atoms with Crippen LogP contribution in [0.5, 0.6) is 5.75 Å². The Labute approximate surface area is 154 Å². The molecule has 2 aromatic carbocycles. The minimum atomic E-state index is -0.608. The highest BCUT2D eigenvalue weighted by molar-refractivity contribution is 6.31. The number of nitrogens with one attached hydrogen (secondary N) is 2. The maximum atomic E-state index is 13.6. The summed E-state index contributed by atoms with van der Waals surface area (Å²) in [6, 6.07) is 9.11. The third-order valence-corrected chi connectivity index (χ3v) is 3.83. The fourth-order valence-corrected chi connectivity index (χ4v) is 2.46. The van der Waals surface area contributed by atoms with Crippen LogP contribution < -0.4 is 15.6 Å². The molecule has 0 aliphatic heterocycles. The van der Waals surface area contributed by atoms with Crippen molar-refractivity contribution in [2.45, 2.75) is 13.3 Å². The molecular weight excluding hydrogens is 370 g/mol. The Morgan fingerprint density at radius 3 is 2.52 bits per heavy atom. The lowest BCUT2D eigenvalue weighted by Crippen LogP contribution is -2.44. The van der Waals surface area contributed by atoms with E-state index in [2.05, 4.69) is 10.9 Å². The molecule has 0 aliphatic carbocycles. The molecule has 0 heterocycles. The Morgan fingerprint density at radius 1 is 1.12 bits per heavy atom. The second-order valence-corrected chi connectivity index (χ2v) is 6.02. The van der Waals surface area contributed by atoms with E-state index < -0.39 is 17.6 Å². The highest BCUT2D eigenvalue weighted by Gasteiger charge is 2.13. The van der Waals surface area contributed by atoms with Gasteiger partial charge in [-0.15, -0.1) is 0 Å². The van der Waals surface area contributed by atoms with Crippen LogP contribution in [0.15, 0.2) is 36.4 Å². The molecule has 0 spiro atoms. The first-order valence-electron chi connectivity index (χ1n) is 7.26. The van der Waals surface area contributed by atoms with Crippen LogP contribution in [0.4, 0.5) is 4.39 Å². The summed E-state index contributed by atoms with van der Waals surface area (Å²) in [6.07, 6.45) is -0.303. The molecule has 0 atom stereocenters. The van der Waals surface area contributed by atoms with Gasteiger partial charge in [-0.2, -0.15) is 0 Å². The molecule has 2 aromatic rings. The molecule has 0 bridgehead atoms. The number of aryl methyl sites for hydroxylation is 1. The number of hydrogen-bond acceptors (Lipinski definition) is 3. The number of rotatable bonds is 5. The van der Waals surface area contributed by atoms with Crippen LogP contribution in [0.1, 0.15) is 11.1 Å². The molecule has 2 amide bonds. The van der Waals surface area contributed by atoms with E-state index in [1.807, 2.05) is 0 Å². The molecule has 0 fully saturated rings. The van der Waals surface area contributed by atoms with Crippen LogP contribution in [0, 0.1) is 12.7 Å². The maximum absolute atomic E-state index is 13.6. The van der Waals surface area contributed by atoms with Crippen LogP contribution in [0.3, 0.4) is 0 Å². The zero-order valence-corrected chi connectivity index (χ0v) is 14.7. The first kappa shape index (κ1) is 19.0. The van der Waals surface area contributed by atoms with E-state index in [9.17, 15) is 14.0 Å². The third kappa shape index (κ3) is 5.62. The van der Waals surface area contributed by atoms with Gasteiger partial charge in [0.25, 0.3) is 5.91 Å². The number of amides is 2. The first-order valence-corrected chi connectivity index (χ1v) is 8.02. The molecule has 0 aliphatic rings. The predicted octanol–water partition coefficient (Wildman–Crippen LogP) is 3.21. The van der Waals surface area contributed by atoms with Gasteiger partial charge in [-0.25, -0.2) is 4.39 Å². The number of carbonyl (C=O) groups excluding carboxylic acids is 2. The summed E-state index contributed by atoms with van der Waals surface area (Å²) in [6.45, 7) is 1.49. The number of hydrogen-bond donors (Lipinski definition) is 2. The molecule has 0 radical (unpaired) electrons. The predicted molar refractivity (Wildman–Crippen MR) is 93.1 cm³/mol. The Morgan fingerprint density at radius 2 is 1.84 bits per heavy atom. The summed E-state index contributed by atoms with van der Waals surface area (Å²) in [5.74, 6) is -1.26. The van der Waals surface area contributed by atoms with Crippen molar-refractivity contribution in [3.05, 3.63) is 63.4 Å². The van der Waals surface area contributed by atoms with E-state index in [4.69, 9.17) is 27.9 Å². The second-order valence-electron chi connectivity index (χ2n) is 5.17. The van der Waals surface area contributed by atoms with Crippen molar-refractivity contribution in [1.29, 1.82) is 0 Å². The van der Waals surface area contributed by atoms with Crippen LogP contribution in [-0.2, 0) is 16.0 Å². The third-order valence-electron chi connectivity index (χ3n) is 3.24. The van der Waals surface area contributed by atoms with Gasteiger partial charge in [0.1, 0.15) is 11.6 Å². The summed E-state index contributed by atoms with van der Waals surface area (Å²) in [4.78, 5) is 23.5. The zero-order valence-electron chi connectivity index (χ0n) is 13.2. The van der Waals surface area contributed by atoms with Crippen LogP contribution >= 0.6 is 23.2 Å². The van der Waals surface area contributed by atoms with Gasteiger partial charge in [-0.1, -0.05) is 29.3 Å². The topological polar surface area (TPSA) is 67.4 Å². The van der Waals surface area contributed by atoms with Gasteiger partial charge in [0, 0.05) is 15.6 Å². The summed E-state index contributed by atoms with van der Waals surface area (Å²) < 4.78 is 18.9. The Balaban J connectivity index is 1.80.